The zero-order valence-electron chi connectivity index (χ0n) is 17.3. The summed E-state index contributed by atoms with van der Waals surface area (Å²) >= 11 is 0. The fraction of sp³-hybridized carbons (Fsp3) is 0.435. The van der Waals surface area contributed by atoms with E-state index >= 15 is 0 Å². The third-order valence-corrected chi connectivity index (χ3v) is 7.81. The molecule has 0 bridgehead atoms. The van der Waals surface area contributed by atoms with Gasteiger partial charge in [-0.25, -0.2) is 12.8 Å². The average molecular weight is 447 g/mol. The van der Waals surface area contributed by atoms with Crippen molar-refractivity contribution in [3.8, 4) is 5.75 Å². The summed E-state index contributed by atoms with van der Waals surface area (Å²) in [6.45, 7) is 0.450. The van der Waals surface area contributed by atoms with Crippen LogP contribution in [0.25, 0.3) is 0 Å². The largest absolute Gasteiger partial charge is 0.490 e. The summed E-state index contributed by atoms with van der Waals surface area (Å²) in [6.07, 6.45) is 6.05. The van der Waals surface area contributed by atoms with Gasteiger partial charge in [-0.05, 0) is 87.1 Å². The van der Waals surface area contributed by atoms with Crippen LogP contribution in [0.2, 0.25) is 0 Å². The summed E-state index contributed by atoms with van der Waals surface area (Å²) in [7, 11) is -3.77. The maximum absolute atomic E-state index is 13.1. The Balaban J connectivity index is 1.36. The maximum Gasteiger partial charge on any atom is 0.243 e. The van der Waals surface area contributed by atoms with Crippen LogP contribution >= 0.6 is 0 Å². The Kier molecular flexibility index (Phi) is 6.57. The van der Waals surface area contributed by atoms with Crippen molar-refractivity contribution in [3.05, 3.63) is 54.3 Å². The number of anilines is 1. The Bertz CT molecular complexity index is 1000. The third kappa shape index (κ3) is 5.25. The molecule has 1 saturated carbocycles. The molecule has 2 aliphatic rings. The van der Waals surface area contributed by atoms with Gasteiger partial charge in [0.1, 0.15) is 11.6 Å². The SMILES string of the molecule is O=C(Nc1ccc(OC2CCCC2)cc1)[C@@H]1CCCN(S(=O)(=O)c2ccc(F)cc2)C1. The molecule has 1 atom stereocenters. The molecule has 0 aromatic heterocycles. The topological polar surface area (TPSA) is 75.7 Å². The second-order valence-electron chi connectivity index (χ2n) is 8.19. The van der Waals surface area contributed by atoms with Gasteiger partial charge < -0.3 is 10.1 Å². The predicted octanol–water partition coefficient (Wildman–Crippen LogP) is 4.19. The molecule has 6 nitrogen and oxygen atoms in total. The van der Waals surface area contributed by atoms with Gasteiger partial charge in [-0.3, -0.25) is 4.79 Å². The molecule has 2 fully saturated rings. The highest BCUT2D eigenvalue weighted by Gasteiger charge is 2.33. The molecule has 2 aromatic rings. The van der Waals surface area contributed by atoms with E-state index in [0.29, 0.717) is 25.1 Å². The number of amides is 1. The predicted molar refractivity (Wildman–Crippen MR) is 116 cm³/mol. The minimum Gasteiger partial charge on any atom is -0.490 e. The molecule has 1 N–H and O–H groups in total. The van der Waals surface area contributed by atoms with Gasteiger partial charge in [0, 0.05) is 18.8 Å². The van der Waals surface area contributed by atoms with Gasteiger partial charge in [-0.15, -0.1) is 0 Å². The van der Waals surface area contributed by atoms with Crippen LogP contribution in [-0.4, -0.2) is 37.8 Å². The number of piperidine rings is 1. The molecule has 1 aliphatic heterocycles. The molecule has 8 heteroatoms. The minimum atomic E-state index is -3.77. The van der Waals surface area contributed by atoms with E-state index in [0.717, 1.165) is 30.7 Å². The molecule has 1 heterocycles. The summed E-state index contributed by atoms with van der Waals surface area (Å²) < 4.78 is 46.1. The highest BCUT2D eigenvalue weighted by atomic mass is 32.2. The molecule has 31 heavy (non-hydrogen) atoms. The second-order valence-corrected chi connectivity index (χ2v) is 10.1. The van der Waals surface area contributed by atoms with Crippen molar-refractivity contribution in [1.82, 2.24) is 4.31 Å². The van der Waals surface area contributed by atoms with Crippen LogP contribution in [0.15, 0.2) is 53.4 Å². The first-order valence-corrected chi connectivity index (χ1v) is 12.2. The molecule has 4 rings (SSSR count). The molecule has 166 valence electrons. The average Bonchev–Trinajstić information content (AvgIpc) is 3.28. The maximum atomic E-state index is 13.1. The van der Waals surface area contributed by atoms with E-state index in [-0.39, 0.29) is 23.5 Å². The first kappa shape index (κ1) is 21.8. The quantitative estimate of drug-likeness (QED) is 0.722. The summed E-state index contributed by atoms with van der Waals surface area (Å²) in [4.78, 5) is 12.8. The van der Waals surface area contributed by atoms with Gasteiger partial charge in [0.15, 0.2) is 0 Å². The van der Waals surface area contributed by atoms with Crippen LogP contribution in [0.1, 0.15) is 38.5 Å². The van der Waals surface area contributed by atoms with Crippen molar-refractivity contribution < 1.29 is 22.3 Å². The van der Waals surface area contributed by atoms with Crippen molar-refractivity contribution in [2.24, 2.45) is 5.92 Å². The molecule has 0 unspecified atom stereocenters. The van der Waals surface area contributed by atoms with Gasteiger partial charge in [-0.2, -0.15) is 4.31 Å². The molecule has 1 saturated heterocycles. The summed E-state index contributed by atoms with van der Waals surface area (Å²) in [5.41, 5.74) is 0.655. The molecule has 1 aliphatic carbocycles. The molecule has 0 radical (unpaired) electrons. The van der Waals surface area contributed by atoms with E-state index in [9.17, 15) is 17.6 Å². The standard InChI is InChI=1S/C23H27FN2O4S/c24-18-7-13-22(14-8-18)31(28,29)26-15-3-4-17(16-26)23(27)25-19-9-11-21(12-10-19)30-20-5-1-2-6-20/h7-14,17,20H,1-6,15-16H2,(H,25,27)/t17-/m1/s1. The highest BCUT2D eigenvalue weighted by molar-refractivity contribution is 7.89. The van der Waals surface area contributed by atoms with E-state index in [1.165, 1.54) is 29.3 Å². The monoisotopic (exact) mass is 446 g/mol. The van der Waals surface area contributed by atoms with Gasteiger partial charge >= 0.3 is 0 Å². The van der Waals surface area contributed by atoms with Crippen molar-refractivity contribution in [3.63, 3.8) is 0 Å². The minimum absolute atomic E-state index is 0.0350. The molecule has 0 spiro atoms. The lowest BCUT2D eigenvalue weighted by atomic mass is 9.99. The third-order valence-electron chi connectivity index (χ3n) is 5.93. The molecular weight excluding hydrogens is 419 g/mol. The van der Waals surface area contributed by atoms with Gasteiger partial charge in [0.2, 0.25) is 15.9 Å². The number of nitrogens with zero attached hydrogens (tertiary/aromatic N) is 1. The van der Waals surface area contributed by atoms with Gasteiger partial charge in [0.25, 0.3) is 0 Å². The van der Waals surface area contributed by atoms with Crippen LogP contribution in [0.4, 0.5) is 10.1 Å². The molecular formula is C23H27FN2O4S. The lowest BCUT2D eigenvalue weighted by molar-refractivity contribution is -0.120. The number of nitrogens with one attached hydrogen (secondary N) is 1. The van der Waals surface area contributed by atoms with E-state index < -0.39 is 21.8 Å². The van der Waals surface area contributed by atoms with E-state index in [2.05, 4.69) is 5.32 Å². The number of hydrogen-bond donors (Lipinski definition) is 1. The van der Waals surface area contributed by atoms with Crippen molar-refractivity contribution in [2.45, 2.75) is 49.5 Å². The van der Waals surface area contributed by atoms with Crippen LogP contribution in [-0.2, 0) is 14.8 Å². The normalized spacial score (nSPS) is 20.5. The fourth-order valence-electron chi connectivity index (χ4n) is 4.19. The van der Waals surface area contributed by atoms with E-state index in [1.807, 2.05) is 12.1 Å². The highest BCUT2D eigenvalue weighted by Crippen LogP contribution is 2.27. The van der Waals surface area contributed by atoms with E-state index in [1.54, 1.807) is 12.1 Å². The zero-order valence-corrected chi connectivity index (χ0v) is 18.1. The van der Waals surface area contributed by atoms with Crippen LogP contribution in [0.3, 0.4) is 0 Å². The number of carbonyl (C=O) groups excluding carboxylic acids is 1. The lowest BCUT2D eigenvalue weighted by Crippen LogP contribution is -2.43. The first-order chi connectivity index (χ1) is 14.9. The second kappa shape index (κ2) is 9.36. The van der Waals surface area contributed by atoms with Gasteiger partial charge in [0.05, 0.1) is 16.9 Å². The van der Waals surface area contributed by atoms with Crippen LogP contribution in [0.5, 0.6) is 5.75 Å². The number of sulfonamides is 1. The number of hydrogen-bond acceptors (Lipinski definition) is 4. The van der Waals surface area contributed by atoms with Crippen molar-refractivity contribution in [1.29, 1.82) is 0 Å². The van der Waals surface area contributed by atoms with Gasteiger partial charge in [-0.1, -0.05) is 0 Å². The van der Waals surface area contributed by atoms with Crippen LogP contribution < -0.4 is 10.1 Å². The molecule has 2 aromatic carbocycles. The Morgan fingerprint density at radius 3 is 2.32 bits per heavy atom. The van der Waals surface area contributed by atoms with Crippen molar-refractivity contribution in [2.75, 3.05) is 18.4 Å². The Morgan fingerprint density at radius 2 is 1.65 bits per heavy atom. The number of benzene rings is 2. The Hall–Kier alpha value is -2.45. The first-order valence-electron chi connectivity index (χ1n) is 10.7. The Morgan fingerprint density at radius 1 is 0.968 bits per heavy atom. The number of carbonyl (C=O) groups is 1. The lowest BCUT2D eigenvalue weighted by Gasteiger charge is -2.31. The smallest absolute Gasteiger partial charge is 0.243 e. The molecule has 1 amide bonds. The fourth-order valence-corrected chi connectivity index (χ4v) is 5.71. The summed E-state index contributed by atoms with van der Waals surface area (Å²) in [5, 5.41) is 2.89. The summed E-state index contributed by atoms with van der Waals surface area (Å²) in [6, 6.07) is 12.1. The number of rotatable bonds is 6. The van der Waals surface area contributed by atoms with Crippen molar-refractivity contribution >= 4 is 21.6 Å². The van der Waals surface area contributed by atoms with Crippen LogP contribution in [0, 0.1) is 11.7 Å². The zero-order chi connectivity index (χ0) is 21.8. The number of halogens is 1. The van der Waals surface area contributed by atoms with E-state index in [4.69, 9.17) is 4.74 Å². The number of ether oxygens (including phenoxy) is 1. The Labute approximate surface area is 182 Å². The summed E-state index contributed by atoms with van der Waals surface area (Å²) in [5.74, 6) is -0.351.